The molecule has 6 heteroatoms. The zero-order chi connectivity index (χ0) is 12.5. The number of nitro groups is 1. The summed E-state index contributed by atoms with van der Waals surface area (Å²) in [4.78, 5) is 10.2. The van der Waals surface area contributed by atoms with E-state index < -0.39 is 17.1 Å². The van der Waals surface area contributed by atoms with E-state index in [1.807, 2.05) is 0 Å². The zero-order valence-corrected chi connectivity index (χ0v) is 9.04. The Morgan fingerprint density at radius 1 is 1.25 bits per heavy atom. The topological polar surface area (TPSA) is 110 Å². The van der Waals surface area contributed by atoms with E-state index in [4.69, 9.17) is 5.73 Å². The molecule has 1 aromatic rings. The molecule has 16 heavy (non-hydrogen) atoms. The number of anilines is 1. The summed E-state index contributed by atoms with van der Waals surface area (Å²) in [6, 6.07) is 2.89. The first-order valence-corrected chi connectivity index (χ1v) is 4.79. The van der Waals surface area contributed by atoms with Gasteiger partial charge in [-0.2, -0.15) is 0 Å². The van der Waals surface area contributed by atoms with Crippen LogP contribution in [0, 0.1) is 10.1 Å². The molecule has 0 aliphatic carbocycles. The van der Waals surface area contributed by atoms with E-state index in [1.165, 1.54) is 26.0 Å². The Bertz CT molecular complexity index is 416. The average molecular weight is 226 g/mol. The molecular weight excluding hydrogens is 212 g/mol. The summed E-state index contributed by atoms with van der Waals surface area (Å²) >= 11 is 0. The van der Waals surface area contributed by atoms with Crippen LogP contribution in [0.5, 0.6) is 0 Å². The number of aliphatic hydroxyl groups is 2. The predicted molar refractivity (Wildman–Crippen MR) is 58.8 cm³/mol. The normalized spacial score (nSPS) is 14.5. The van der Waals surface area contributed by atoms with Crippen molar-refractivity contribution in [2.45, 2.75) is 26.1 Å². The summed E-state index contributed by atoms with van der Waals surface area (Å²) in [7, 11) is 0. The van der Waals surface area contributed by atoms with Gasteiger partial charge in [-0.1, -0.05) is 6.07 Å². The van der Waals surface area contributed by atoms with Gasteiger partial charge in [0.25, 0.3) is 5.69 Å². The van der Waals surface area contributed by atoms with Gasteiger partial charge in [-0.15, -0.1) is 0 Å². The van der Waals surface area contributed by atoms with Crippen molar-refractivity contribution in [3.8, 4) is 0 Å². The van der Waals surface area contributed by atoms with Crippen LogP contribution in [0.2, 0.25) is 0 Å². The van der Waals surface area contributed by atoms with Crippen LogP contribution in [0.4, 0.5) is 11.4 Å². The number of nitrogen functional groups attached to an aromatic ring is 1. The molecule has 88 valence electrons. The van der Waals surface area contributed by atoms with Crippen molar-refractivity contribution in [3.05, 3.63) is 33.4 Å². The number of aliphatic hydroxyl groups excluding tert-OH is 2. The molecule has 0 radical (unpaired) electrons. The molecule has 4 N–H and O–H groups in total. The third-order valence-electron chi connectivity index (χ3n) is 2.36. The van der Waals surface area contributed by atoms with Crippen LogP contribution in [0.3, 0.4) is 0 Å². The van der Waals surface area contributed by atoms with E-state index in [-0.39, 0.29) is 22.5 Å². The van der Waals surface area contributed by atoms with Crippen LogP contribution in [-0.4, -0.2) is 15.1 Å². The fraction of sp³-hybridized carbons (Fsp3) is 0.400. The highest BCUT2D eigenvalue weighted by molar-refractivity contribution is 5.68. The van der Waals surface area contributed by atoms with E-state index >= 15 is 0 Å². The monoisotopic (exact) mass is 226 g/mol. The Hall–Kier alpha value is -1.66. The second-order valence-corrected chi connectivity index (χ2v) is 3.62. The van der Waals surface area contributed by atoms with E-state index in [2.05, 4.69) is 0 Å². The van der Waals surface area contributed by atoms with Gasteiger partial charge in [0.05, 0.1) is 22.7 Å². The molecule has 0 aromatic heterocycles. The third-order valence-corrected chi connectivity index (χ3v) is 2.36. The molecule has 0 heterocycles. The molecule has 0 aliphatic heterocycles. The zero-order valence-electron chi connectivity index (χ0n) is 9.04. The Morgan fingerprint density at radius 2 is 1.69 bits per heavy atom. The molecule has 0 fully saturated rings. The Kier molecular flexibility index (Phi) is 3.46. The van der Waals surface area contributed by atoms with Crippen molar-refractivity contribution in [2.75, 3.05) is 5.73 Å². The van der Waals surface area contributed by atoms with Crippen LogP contribution < -0.4 is 5.73 Å². The first-order chi connectivity index (χ1) is 7.36. The molecule has 2 unspecified atom stereocenters. The summed E-state index contributed by atoms with van der Waals surface area (Å²) in [5.41, 5.74) is 5.61. The van der Waals surface area contributed by atoms with Gasteiger partial charge in [0.1, 0.15) is 5.69 Å². The molecule has 1 rings (SSSR count). The number of nitro benzene ring substituents is 1. The number of nitrogens with zero attached hydrogens (tertiary/aromatic N) is 1. The molecule has 0 saturated heterocycles. The van der Waals surface area contributed by atoms with Crippen molar-refractivity contribution >= 4 is 11.4 Å². The van der Waals surface area contributed by atoms with Gasteiger partial charge in [0.15, 0.2) is 0 Å². The molecule has 0 amide bonds. The Morgan fingerprint density at radius 3 is 2.06 bits per heavy atom. The van der Waals surface area contributed by atoms with E-state index in [1.54, 1.807) is 0 Å². The number of rotatable bonds is 3. The fourth-order valence-electron chi connectivity index (χ4n) is 1.55. The van der Waals surface area contributed by atoms with Crippen molar-refractivity contribution in [1.29, 1.82) is 0 Å². The lowest BCUT2D eigenvalue weighted by Gasteiger charge is -2.13. The summed E-state index contributed by atoms with van der Waals surface area (Å²) in [5.74, 6) is 0. The van der Waals surface area contributed by atoms with Crippen molar-refractivity contribution < 1.29 is 15.1 Å². The van der Waals surface area contributed by atoms with Gasteiger partial charge in [0.2, 0.25) is 0 Å². The third kappa shape index (κ3) is 2.12. The second kappa shape index (κ2) is 4.46. The number of nitrogens with two attached hydrogens (primary N) is 1. The largest absolute Gasteiger partial charge is 0.393 e. The molecule has 0 saturated carbocycles. The van der Waals surface area contributed by atoms with Crippen LogP contribution in [0.1, 0.15) is 37.2 Å². The lowest BCUT2D eigenvalue weighted by atomic mass is 10.0. The van der Waals surface area contributed by atoms with Gasteiger partial charge < -0.3 is 15.9 Å². The first-order valence-electron chi connectivity index (χ1n) is 4.79. The molecule has 2 atom stereocenters. The maximum absolute atomic E-state index is 10.9. The standard InChI is InChI=1S/C10H14N2O4/c1-5(13)7-3-4-8(6(2)14)10(9(7)11)12(15)16/h3-6,13-14H,11H2,1-2H3. The lowest BCUT2D eigenvalue weighted by Crippen LogP contribution is -2.07. The van der Waals surface area contributed by atoms with Crippen LogP contribution >= 0.6 is 0 Å². The van der Waals surface area contributed by atoms with Crippen molar-refractivity contribution in [2.24, 2.45) is 0 Å². The first kappa shape index (κ1) is 12.4. The summed E-state index contributed by atoms with van der Waals surface area (Å²) in [6.07, 6.45) is -1.87. The second-order valence-electron chi connectivity index (χ2n) is 3.62. The predicted octanol–water partition coefficient (Wildman–Crippen LogP) is 1.28. The van der Waals surface area contributed by atoms with E-state index in [0.29, 0.717) is 0 Å². The van der Waals surface area contributed by atoms with Gasteiger partial charge in [0, 0.05) is 5.56 Å². The minimum absolute atomic E-state index is 0.0987. The van der Waals surface area contributed by atoms with E-state index in [0.717, 1.165) is 0 Å². The van der Waals surface area contributed by atoms with E-state index in [9.17, 15) is 20.3 Å². The maximum Gasteiger partial charge on any atom is 0.298 e. The summed E-state index contributed by atoms with van der Waals surface area (Å²) < 4.78 is 0. The molecular formula is C10H14N2O4. The van der Waals surface area contributed by atoms with Gasteiger partial charge in [-0.05, 0) is 19.9 Å². The van der Waals surface area contributed by atoms with Crippen LogP contribution in [-0.2, 0) is 0 Å². The van der Waals surface area contributed by atoms with Gasteiger partial charge >= 0.3 is 0 Å². The fourth-order valence-corrected chi connectivity index (χ4v) is 1.55. The number of benzene rings is 1. The Labute approximate surface area is 92.5 Å². The highest BCUT2D eigenvalue weighted by Crippen LogP contribution is 2.35. The number of hydrogen-bond donors (Lipinski definition) is 3. The van der Waals surface area contributed by atoms with Crippen molar-refractivity contribution in [3.63, 3.8) is 0 Å². The molecule has 0 aliphatic rings. The van der Waals surface area contributed by atoms with Crippen LogP contribution in [0.15, 0.2) is 12.1 Å². The Balaban J connectivity index is 3.48. The minimum Gasteiger partial charge on any atom is -0.393 e. The molecule has 0 bridgehead atoms. The highest BCUT2D eigenvalue weighted by atomic mass is 16.6. The van der Waals surface area contributed by atoms with Crippen molar-refractivity contribution in [1.82, 2.24) is 0 Å². The quantitative estimate of drug-likeness (QED) is 0.408. The average Bonchev–Trinajstić information content (AvgIpc) is 2.15. The lowest BCUT2D eigenvalue weighted by molar-refractivity contribution is -0.385. The molecule has 6 nitrogen and oxygen atoms in total. The minimum atomic E-state index is -0.981. The van der Waals surface area contributed by atoms with Gasteiger partial charge in [-0.3, -0.25) is 10.1 Å². The molecule has 0 spiro atoms. The highest BCUT2D eigenvalue weighted by Gasteiger charge is 2.24. The number of hydrogen-bond acceptors (Lipinski definition) is 5. The van der Waals surface area contributed by atoms with Gasteiger partial charge in [-0.25, -0.2) is 0 Å². The molecule has 1 aromatic carbocycles. The summed E-state index contributed by atoms with van der Waals surface area (Å²) in [6.45, 7) is 2.89. The maximum atomic E-state index is 10.9. The SMILES string of the molecule is CC(O)c1ccc(C(C)O)c([N+](=O)[O-])c1N. The van der Waals surface area contributed by atoms with Crippen LogP contribution in [0.25, 0.3) is 0 Å². The smallest absolute Gasteiger partial charge is 0.298 e. The summed E-state index contributed by atoms with van der Waals surface area (Å²) in [5, 5.41) is 29.6.